The molecule has 1 aliphatic rings. The summed E-state index contributed by atoms with van der Waals surface area (Å²) in [6, 6.07) is 13.0. The van der Waals surface area contributed by atoms with Crippen molar-refractivity contribution in [1.82, 2.24) is 4.90 Å². The van der Waals surface area contributed by atoms with Crippen LogP contribution in [0.5, 0.6) is 0 Å². The zero-order valence-corrected chi connectivity index (χ0v) is 15.4. The molecule has 0 fully saturated rings. The summed E-state index contributed by atoms with van der Waals surface area (Å²) in [6.07, 6.45) is -0.674. The Balaban J connectivity index is 2.12. The average molecular weight is 366 g/mol. The number of thiophene rings is 1. The van der Waals surface area contributed by atoms with Crippen LogP contribution in [-0.2, 0) is 9.53 Å². The van der Waals surface area contributed by atoms with Crippen molar-refractivity contribution in [2.24, 2.45) is 0 Å². The summed E-state index contributed by atoms with van der Waals surface area (Å²) in [5, 5.41) is 11.7. The second-order valence-electron chi connectivity index (χ2n) is 5.95. The van der Waals surface area contributed by atoms with E-state index < -0.39 is 12.1 Å². The van der Waals surface area contributed by atoms with Crippen molar-refractivity contribution in [3.8, 4) is 16.5 Å². The molecule has 0 N–H and O–H groups in total. The average Bonchev–Trinajstić information content (AvgIpc) is 3.16. The molecule has 1 unspecified atom stereocenters. The van der Waals surface area contributed by atoms with Crippen molar-refractivity contribution in [2.75, 3.05) is 6.61 Å². The first-order valence-electron chi connectivity index (χ1n) is 8.29. The largest absolute Gasteiger partial charge is 0.449 e. The lowest BCUT2D eigenvalue weighted by molar-refractivity contribution is -0.131. The van der Waals surface area contributed by atoms with Gasteiger partial charge in [0.1, 0.15) is 6.04 Å². The van der Waals surface area contributed by atoms with E-state index in [0.29, 0.717) is 16.7 Å². The summed E-state index contributed by atoms with van der Waals surface area (Å²) in [4.78, 5) is 27.1. The van der Waals surface area contributed by atoms with E-state index in [-0.39, 0.29) is 18.9 Å². The Morgan fingerprint density at radius 1 is 1.38 bits per heavy atom. The van der Waals surface area contributed by atoms with E-state index in [0.717, 1.165) is 15.3 Å². The Bertz CT molecular complexity index is 909. The fourth-order valence-corrected chi connectivity index (χ4v) is 3.82. The molecule has 2 aromatic rings. The van der Waals surface area contributed by atoms with Crippen LogP contribution in [0.3, 0.4) is 0 Å². The van der Waals surface area contributed by atoms with Crippen LogP contribution < -0.4 is 0 Å². The first-order chi connectivity index (χ1) is 12.6. The molecule has 2 heterocycles. The van der Waals surface area contributed by atoms with Crippen molar-refractivity contribution in [1.29, 1.82) is 5.26 Å². The molecule has 26 heavy (non-hydrogen) atoms. The van der Waals surface area contributed by atoms with Gasteiger partial charge in [0.25, 0.3) is 0 Å². The van der Waals surface area contributed by atoms with E-state index in [9.17, 15) is 14.9 Å². The maximum Gasteiger partial charge on any atom is 0.417 e. The molecule has 1 atom stereocenters. The van der Waals surface area contributed by atoms with Crippen molar-refractivity contribution >= 4 is 23.3 Å². The SMILES string of the molecule is CCOC(=O)N1C(=O)CC(C)=C(C#N)C1c1cccc(-c2cccs2)c1. The number of amides is 2. The van der Waals surface area contributed by atoms with Gasteiger partial charge in [-0.25, -0.2) is 9.69 Å². The number of rotatable bonds is 3. The number of ether oxygens (including phenoxy) is 1. The first-order valence-corrected chi connectivity index (χ1v) is 9.17. The van der Waals surface area contributed by atoms with Gasteiger partial charge in [-0.1, -0.05) is 24.3 Å². The van der Waals surface area contributed by atoms with E-state index in [2.05, 4.69) is 6.07 Å². The fourth-order valence-electron chi connectivity index (χ4n) is 3.09. The summed E-state index contributed by atoms with van der Waals surface area (Å²) < 4.78 is 5.07. The Morgan fingerprint density at radius 2 is 2.19 bits per heavy atom. The van der Waals surface area contributed by atoms with Crippen LogP contribution in [0.4, 0.5) is 4.79 Å². The van der Waals surface area contributed by atoms with Crippen LogP contribution in [0.1, 0.15) is 31.9 Å². The molecule has 1 aromatic carbocycles. The molecule has 0 radical (unpaired) electrons. The molecule has 1 aliphatic heterocycles. The van der Waals surface area contributed by atoms with Gasteiger partial charge in [-0.15, -0.1) is 11.3 Å². The number of imide groups is 1. The Labute approximate surface area is 156 Å². The highest BCUT2D eigenvalue weighted by molar-refractivity contribution is 7.13. The topological polar surface area (TPSA) is 70.4 Å². The third kappa shape index (κ3) is 3.26. The van der Waals surface area contributed by atoms with Crippen LogP contribution in [0.15, 0.2) is 52.9 Å². The molecular weight excluding hydrogens is 348 g/mol. The fraction of sp³-hybridized carbons (Fsp3) is 0.250. The highest BCUT2D eigenvalue weighted by Crippen LogP contribution is 2.38. The quantitative estimate of drug-likeness (QED) is 0.790. The zero-order valence-electron chi connectivity index (χ0n) is 14.6. The minimum Gasteiger partial charge on any atom is -0.449 e. The predicted octanol–water partition coefficient (Wildman–Crippen LogP) is 4.69. The Kier molecular flexibility index (Phi) is 5.19. The highest BCUT2D eigenvalue weighted by atomic mass is 32.1. The molecular formula is C20H18N2O3S. The third-order valence-electron chi connectivity index (χ3n) is 4.27. The lowest BCUT2D eigenvalue weighted by Crippen LogP contribution is -2.43. The second-order valence-corrected chi connectivity index (χ2v) is 6.90. The summed E-state index contributed by atoms with van der Waals surface area (Å²) >= 11 is 1.61. The van der Waals surface area contributed by atoms with Crippen molar-refractivity contribution in [2.45, 2.75) is 26.3 Å². The molecule has 1 aromatic heterocycles. The minimum atomic E-state index is -0.764. The Hall–Kier alpha value is -2.91. The summed E-state index contributed by atoms with van der Waals surface area (Å²) in [7, 11) is 0. The number of benzene rings is 1. The smallest absolute Gasteiger partial charge is 0.417 e. The predicted molar refractivity (Wildman–Crippen MR) is 99.3 cm³/mol. The minimum absolute atomic E-state index is 0.0445. The normalized spacial score (nSPS) is 17.2. The van der Waals surface area contributed by atoms with E-state index in [1.165, 1.54) is 0 Å². The van der Waals surface area contributed by atoms with Crippen LogP contribution in [0.2, 0.25) is 0 Å². The van der Waals surface area contributed by atoms with Gasteiger partial charge in [-0.05, 0) is 48.1 Å². The number of hydrogen-bond acceptors (Lipinski definition) is 5. The molecule has 2 amide bonds. The van der Waals surface area contributed by atoms with Crippen LogP contribution >= 0.6 is 11.3 Å². The molecule has 0 bridgehead atoms. The molecule has 0 saturated carbocycles. The van der Waals surface area contributed by atoms with E-state index in [4.69, 9.17) is 4.74 Å². The maximum absolute atomic E-state index is 12.6. The lowest BCUT2D eigenvalue weighted by Gasteiger charge is -2.34. The number of hydrogen-bond donors (Lipinski definition) is 0. The summed E-state index contributed by atoms with van der Waals surface area (Å²) in [5.74, 6) is -0.355. The molecule has 0 aliphatic carbocycles. The third-order valence-corrected chi connectivity index (χ3v) is 5.19. The van der Waals surface area contributed by atoms with Gasteiger partial charge in [0, 0.05) is 11.3 Å². The van der Waals surface area contributed by atoms with Crippen molar-refractivity contribution in [3.05, 3.63) is 58.5 Å². The standard InChI is InChI=1S/C20H18N2O3S/c1-3-25-20(24)22-18(23)10-13(2)16(12-21)19(22)15-7-4-6-14(11-15)17-8-5-9-26-17/h4-9,11,19H,3,10H2,1-2H3. The molecule has 6 heteroatoms. The molecule has 0 saturated heterocycles. The Morgan fingerprint density at radius 3 is 2.85 bits per heavy atom. The van der Waals surface area contributed by atoms with Crippen LogP contribution in [0.25, 0.3) is 10.4 Å². The van der Waals surface area contributed by atoms with Gasteiger partial charge < -0.3 is 4.74 Å². The van der Waals surface area contributed by atoms with Crippen molar-refractivity contribution < 1.29 is 14.3 Å². The van der Waals surface area contributed by atoms with E-state index in [1.807, 2.05) is 41.8 Å². The van der Waals surface area contributed by atoms with Gasteiger partial charge in [0.05, 0.1) is 18.2 Å². The maximum atomic E-state index is 12.6. The molecule has 5 nitrogen and oxygen atoms in total. The zero-order chi connectivity index (χ0) is 18.7. The molecule has 132 valence electrons. The number of nitrogens with zero attached hydrogens (tertiary/aromatic N) is 2. The van der Waals surface area contributed by atoms with Crippen LogP contribution in [0, 0.1) is 11.3 Å². The van der Waals surface area contributed by atoms with Gasteiger partial charge in [-0.2, -0.15) is 5.26 Å². The number of carbonyl (C=O) groups excluding carboxylic acids is 2. The van der Waals surface area contributed by atoms with Gasteiger partial charge >= 0.3 is 6.09 Å². The number of carbonyl (C=O) groups is 2. The monoisotopic (exact) mass is 366 g/mol. The van der Waals surface area contributed by atoms with E-state index in [1.54, 1.807) is 25.2 Å². The van der Waals surface area contributed by atoms with E-state index >= 15 is 0 Å². The summed E-state index contributed by atoms with van der Waals surface area (Å²) in [6.45, 7) is 3.61. The molecule has 0 spiro atoms. The first kappa shape index (κ1) is 17.9. The lowest BCUT2D eigenvalue weighted by atomic mass is 9.88. The van der Waals surface area contributed by atoms with Crippen molar-refractivity contribution in [3.63, 3.8) is 0 Å². The second kappa shape index (κ2) is 7.54. The van der Waals surface area contributed by atoms with Gasteiger partial charge in [-0.3, -0.25) is 4.79 Å². The molecule has 3 rings (SSSR count). The van der Waals surface area contributed by atoms with Gasteiger partial charge in [0.2, 0.25) is 5.91 Å². The van der Waals surface area contributed by atoms with Crippen LogP contribution in [-0.4, -0.2) is 23.5 Å². The summed E-state index contributed by atoms with van der Waals surface area (Å²) in [5.41, 5.74) is 2.80. The van der Waals surface area contributed by atoms with Gasteiger partial charge in [0.15, 0.2) is 0 Å². The number of nitriles is 1. The highest BCUT2D eigenvalue weighted by Gasteiger charge is 2.39.